The Balaban J connectivity index is 2.09. The van der Waals surface area contributed by atoms with Crippen molar-refractivity contribution >= 4 is 16.8 Å². The molecule has 2 aromatic rings. The summed E-state index contributed by atoms with van der Waals surface area (Å²) >= 11 is 0. The first kappa shape index (κ1) is 17.8. The molecule has 6 heteroatoms. The van der Waals surface area contributed by atoms with Crippen molar-refractivity contribution < 1.29 is 9.18 Å². The largest absolute Gasteiger partial charge is 0.344 e. The average molecular weight is 344 g/mol. The number of benzene rings is 1. The van der Waals surface area contributed by atoms with E-state index in [2.05, 4.69) is 22.5 Å². The first-order valence-electron chi connectivity index (χ1n) is 8.61. The summed E-state index contributed by atoms with van der Waals surface area (Å²) in [6, 6.07) is 6.92. The number of likely N-dealkylation sites (N-methyl/N-ethyl adjacent to an activating group) is 1. The Hall–Kier alpha value is -2.05. The molecule has 1 aromatic heterocycles. The minimum Gasteiger partial charge on any atom is -0.344 e. The molecule has 0 unspecified atom stereocenters. The number of aromatic nitrogens is 1. The van der Waals surface area contributed by atoms with E-state index in [0.29, 0.717) is 24.5 Å². The molecular formula is C19H25FN4O. The van der Waals surface area contributed by atoms with Crippen molar-refractivity contribution in [1.82, 2.24) is 20.5 Å². The van der Waals surface area contributed by atoms with Crippen LogP contribution >= 0.6 is 0 Å². The van der Waals surface area contributed by atoms with Gasteiger partial charge in [0, 0.05) is 18.1 Å². The maximum Gasteiger partial charge on any atom is 0.234 e. The van der Waals surface area contributed by atoms with Gasteiger partial charge in [0.2, 0.25) is 5.91 Å². The molecule has 1 aromatic carbocycles. The van der Waals surface area contributed by atoms with Gasteiger partial charge in [-0.15, -0.1) is 0 Å². The van der Waals surface area contributed by atoms with Crippen LogP contribution in [0, 0.1) is 11.7 Å². The van der Waals surface area contributed by atoms with E-state index in [1.807, 2.05) is 25.1 Å². The van der Waals surface area contributed by atoms with Crippen LogP contribution in [0.15, 0.2) is 30.5 Å². The molecule has 3 rings (SSSR count). The van der Waals surface area contributed by atoms with Crippen LogP contribution in [0.4, 0.5) is 4.39 Å². The first-order chi connectivity index (χ1) is 11.9. The van der Waals surface area contributed by atoms with Crippen molar-refractivity contribution in [3.05, 3.63) is 41.8 Å². The van der Waals surface area contributed by atoms with E-state index >= 15 is 0 Å². The van der Waals surface area contributed by atoms with Gasteiger partial charge in [0.25, 0.3) is 0 Å². The predicted molar refractivity (Wildman–Crippen MR) is 96.7 cm³/mol. The molecule has 1 fully saturated rings. The average Bonchev–Trinajstić information content (AvgIpc) is 2.54. The normalized spacial score (nSPS) is 23.8. The number of carbonyl (C=O) groups excluding carboxylic acids is 1. The lowest BCUT2D eigenvalue weighted by Crippen LogP contribution is -2.58. The quantitative estimate of drug-likeness (QED) is 0.889. The Bertz CT molecular complexity index is 779. The van der Waals surface area contributed by atoms with Crippen molar-refractivity contribution in [2.75, 3.05) is 33.7 Å². The van der Waals surface area contributed by atoms with Crippen molar-refractivity contribution in [2.24, 2.45) is 5.92 Å². The van der Waals surface area contributed by atoms with Crippen molar-refractivity contribution in [1.29, 1.82) is 0 Å². The predicted octanol–water partition coefficient (Wildman–Crippen LogP) is 1.88. The lowest BCUT2D eigenvalue weighted by molar-refractivity contribution is -0.124. The van der Waals surface area contributed by atoms with Crippen molar-refractivity contribution in [3.63, 3.8) is 0 Å². The highest BCUT2D eigenvalue weighted by molar-refractivity contribution is 5.85. The molecule has 1 saturated heterocycles. The Labute approximate surface area is 147 Å². The van der Waals surface area contributed by atoms with Crippen LogP contribution in [0.3, 0.4) is 0 Å². The smallest absolute Gasteiger partial charge is 0.234 e. The maximum absolute atomic E-state index is 14.2. The summed E-state index contributed by atoms with van der Waals surface area (Å²) in [5, 5.41) is 7.40. The monoisotopic (exact) mass is 344 g/mol. The van der Waals surface area contributed by atoms with E-state index in [9.17, 15) is 9.18 Å². The van der Waals surface area contributed by atoms with E-state index in [1.165, 1.54) is 6.07 Å². The molecule has 134 valence electrons. The van der Waals surface area contributed by atoms with Gasteiger partial charge < -0.3 is 15.5 Å². The first-order valence-corrected chi connectivity index (χ1v) is 8.61. The standard InChI is InChI=1S/C19H25FN4O/c1-13-9-19(12-21-10-13,23-17(25)11-24(2)3)15-6-7-16(20)18-14(15)5-4-8-22-18/h4-8,13,21H,9-12H2,1-3H3,(H,23,25)/t13-,19-/m0/s1. The fourth-order valence-corrected chi connectivity index (χ4v) is 3.79. The molecule has 25 heavy (non-hydrogen) atoms. The summed E-state index contributed by atoms with van der Waals surface area (Å²) in [6.45, 7) is 3.99. The lowest BCUT2D eigenvalue weighted by Gasteiger charge is -2.42. The zero-order valence-electron chi connectivity index (χ0n) is 15.0. The Kier molecular flexibility index (Phi) is 5.01. The molecule has 0 bridgehead atoms. The summed E-state index contributed by atoms with van der Waals surface area (Å²) in [5.41, 5.74) is 0.697. The number of pyridine rings is 1. The molecule has 1 aliphatic heterocycles. The Morgan fingerprint density at radius 1 is 1.44 bits per heavy atom. The molecule has 0 aliphatic carbocycles. The minimum absolute atomic E-state index is 0.0396. The number of amides is 1. The number of fused-ring (bicyclic) bond motifs is 1. The van der Waals surface area contributed by atoms with Crippen LogP contribution in [0.25, 0.3) is 10.9 Å². The summed E-state index contributed by atoms with van der Waals surface area (Å²) in [4.78, 5) is 18.6. The molecule has 0 saturated carbocycles. The van der Waals surface area contributed by atoms with Gasteiger partial charge in [-0.3, -0.25) is 9.78 Å². The SMILES string of the molecule is C[C@@H]1CNC[C@](NC(=O)CN(C)C)(c2ccc(F)c3ncccc23)C1. The van der Waals surface area contributed by atoms with Crippen LogP contribution in [-0.4, -0.2) is 49.5 Å². The van der Waals surface area contributed by atoms with Gasteiger partial charge >= 0.3 is 0 Å². The maximum atomic E-state index is 14.2. The van der Waals surface area contributed by atoms with E-state index in [1.54, 1.807) is 18.3 Å². The molecule has 0 spiro atoms. The lowest BCUT2D eigenvalue weighted by atomic mass is 9.77. The Morgan fingerprint density at radius 3 is 2.96 bits per heavy atom. The summed E-state index contributed by atoms with van der Waals surface area (Å²) in [5.74, 6) is 0.0124. The minimum atomic E-state index is -0.570. The van der Waals surface area contributed by atoms with Crippen LogP contribution in [0.5, 0.6) is 0 Å². The molecule has 2 heterocycles. The van der Waals surface area contributed by atoms with E-state index in [-0.39, 0.29) is 11.7 Å². The highest BCUT2D eigenvalue weighted by atomic mass is 19.1. The van der Waals surface area contributed by atoms with Crippen molar-refractivity contribution in [2.45, 2.75) is 18.9 Å². The molecule has 0 radical (unpaired) electrons. The molecule has 1 aliphatic rings. The highest BCUT2D eigenvalue weighted by Crippen LogP contribution is 2.35. The molecule has 1 amide bonds. The Morgan fingerprint density at radius 2 is 2.24 bits per heavy atom. The number of rotatable bonds is 4. The van der Waals surface area contributed by atoms with Crippen LogP contribution in [-0.2, 0) is 10.3 Å². The molecular weight excluding hydrogens is 319 g/mol. The zero-order valence-corrected chi connectivity index (χ0v) is 15.0. The van der Waals surface area contributed by atoms with E-state index in [4.69, 9.17) is 0 Å². The second kappa shape index (κ2) is 7.06. The van der Waals surface area contributed by atoms with Gasteiger partial charge in [0.1, 0.15) is 11.3 Å². The van der Waals surface area contributed by atoms with E-state index < -0.39 is 5.54 Å². The number of hydrogen-bond donors (Lipinski definition) is 2. The van der Waals surface area contributed by atoms with Crippen molar-refractivity contribution in [3.8, 4) is 0 Å². The topological polar surface area (TPSA) is 57.3 Å². The van der Waals surface area contributed by atoms with Crippen LogP contribution in [0.1, 0.15) is 18.9 Å². The molecule has 2 N–H and O–H groups in total. The third-order valence-electron chi connectivity index (χ3n) is 4.69. The van der Waals surface area contributed by atoms with Crippen LogP contribution in [0.2, 0.25) is 0 Å². The fourth-order valence-electron chi connectivity index (χ4n) is 3.79. The van der Waals surface area contributed by atoms with Crippen LogP contribution < -0.4 is 10.6 Å². The highest BCUT2D eigenvalue weighted by Gasteiger charge is 2.39. The van der Waals surface area contributed by atoms with E-state index in [0.717, 1.165) is 23.9 Å². The second-order valence-corrected chi connectivity index (χ2v) is 7.30. The van der Waals surface area contributed by atoms with Gasteiger partial charge in [-0.1, -0.05) is 19.1 Å². The fraction of sp³-hybridized carbons (Fsp3) is 0.474. The number of nitrogens with one attached hydrogen (secondary N) is 2. The third kappa shape index (κ3) is 3.65. The summed E-state index contributed by atoms with van der Waals surface area (Å²) in [6.07, 6.45) is 2.39. The molecule has 2 atom stereocenters. The number of carbonyl (C=O) groups is 1. The number of halogens is 1. The van der Waals surface area contributed by atoms with Gasteiger partial charge in [-0.05, 0) is 50.7 Å². The molecule has 5 nitrogen and oxygen atoms in total. The number of piperidine rings is 1. The zero-order chi connectivity index (χ0) is 18.0. The number of hydrogen-bond acceptors (Lipinski definition) is 4. The third-order valence-corrected chi connectivity index (χ3v) is 4.69. The van der Waals surface area contributed by atoms with Gasteiger partial charge in [0.05, 0.1) is 12.1 Å². The number of nitrogens with zero attached hydrogens (tertiary/aromatic N) is 2. The van der Waals surface area contributed by atoms with Gasteiger partial charge in [-0.25, -0.2) is 4.39 Å². The van der Waals surface area contributed by atoms with Gasteiger partial charge in [-0.2, -0.15) is 0 Å². The van der Waals surface area contributed by atoms with Gasteiger partial charge in [0.15, 0.2) is 0 Å². The second-order valence-electron chi connectivity index (χ2n) is 7.30. The summed E-state index contributed by atoms with van der Waals surface area (Å²) in [7, 11) is 3.73. The summed E-state index contributed by atoms with van der Waals surface area (Å²) < 4.78 is 14.2.